The lowest BCUT2D eigenvalue weighted by molar-refractivity contribution is -0.122. The Bertz CT molecular complexity index is 1340. The van der Waals surface area contributed by atoms with E-state index in [1.54, 1.807) is 12.1 Å². The summed E-state index contributed by atoms with van der Waals surface area (Å²) in [5.41, 5.74) is 3.79. The lowest BCUT2D eigenvalue weighted by Crippen LogP contribution is -2.39. The highest BCUT2D eigenvalue weighted by Gasteiger charge is 2.25. The molecule has 1 N–H and O–H groups in total. The molecule has 178 valence electrons. The molecule has 0 atom stereocenters. The first kappa shape index (κ1) is 23.1. The predicted octanol–water partition coefficient (Wildman–Crippen LogP) is 5.71. The number of benzene rings is 3. The van der Waals surface area contributed by atoms with Gasteiger partial charge in [-0.3, -0.25) is 9.59 Å². The number of carbonyl (C=O) groups is 2. The molecule has 0 bridgehead atoms. The van der Waals surface area contributed by atoms with Gasteiger partial charge >= 0.3 is 0 Å². The number of piperidine rings is 1. The molecule has 4 aromatic rings. The van der Waals surface area contributed by atoms with Crippen LogP contribution in [0.15, 0.2) is 77.2 Å². The zero-order valence-electron chi connectivity index (χ0n) is 19.2. The number of amides is 2. The summed E-state index contributed by atoms with van der Waals surface area (Å²) in [5.74, 6) is 0.816. The summed E-state index contributed by atoms with van der Waals surface area (Å²) in [6.07, 6.45) is 2.08. The monoisotopic (exact) mass is 487 g/mol. The van der Waals surface area contributed by atoms with E-state index in [1.807, 2.05) is 65.6 Å². The minimum Gasteiger partial charge on any atom is -0.436 e. The van der Waals surface area contributed by atoms with Crippen molar-refractivity contribution < 1.29 is 14.0 Å². The van der Waals surface area contributed by atoms with Gasteiger partial charge in [0.1, 0.15) is 5.52 Å². The van der Waals surface area contributed by atoms with Gasteiger partial charge in [-0.2, -0.15) is 0 Å². The van der Waals surface area contributed by atoms with E-state index in [0.717, 1.165) is 29.5 Å². The number of rotatable bonds is 6. The number of hydrogen-bond donors (Lipinski definition) is 1. The molecule has 7 heteroatoms. The number of fused-ring (bicyclic) bond motifs is 1. The van der Waals surface area contributed by atoms with Crippen molar-refractivity contribution in [3.8, 4) is 11.5 Å². The third kappa shape index (κ3) is 5.54. The van der Waals surface area contributed by atoms with Gasteiger partial charge in [0, 0.05) is 42.2 Å². The first-order chi connectivity index (χ1) is 17.0. The van der Waals surface area contributed by atoms with Crippen LogP contribution in [-0.4, -0.2) is 34.8 Å². The Morgan fingerprint density at radius 3 is 2.57 bits per heavy atom. The zero-order chi connectivity index (χ0) is 24.2. The van der Waals surface area contributed by atoms with Crippen LogP contribution >= 0.6 is 11.6 Å². The fourth-order valence-corrected chi connectivity index (χ4v) is 4.68. The van der Waals surface area contributed by atoms with E-state index in [2.05, 4.69) is 10.3 Å². The first-order valence-electron chi connectivity index (χ1n) is 11.8. The summed E-state index contributed by atoms with van der Waals surface area (Å²) < 4.78 is 5.92. The minimum atomic E-state index is -0.0200. The molecule has 0 saturated carbocycles. The summed E-state index contributed by atoms with van der Waals surface area (Å²) in [7, 11) is 0. The van der Waals surface area contributed by atoms with Crippen LogP contribution in [0.4, 0.5) is 0 Å². The van der Waals surface area contributed by atoms with E-state index < -0.39 is 0 Å². The predicted molar refractivity (Wildman–Crippen MR) is 136 cm³/mol. The van der Waals surface area contributed by atoms with Crippen molar-refractivity contribution >= 4 is 34.5 Å². The molecule has 5 rings (SSSR count). The number of hydrogen-bond acceptors (Lipinski definition) is 4. The number of halogens is 1. The maximum atomic E-state index is 13.1. The van der Waals surface area contributed by atoms with Gasteiger partial charge in [-0.15, -0.1) is 0 Å². The summed E-state index contributed by atoms with van der Waals surface area (Å²) >= 11 is 6.00. The zero-order valence-corrected chi connectivity index (χ0v) is 20.0. The number of nitrogens with one attached hydrogen (secondary N) is 1. The fraction of sp³-hybridized carbons (Fsp3) is 0.250. The highest BCUT2D eigenvalue weighted by atomic mass is 35.5. The summed E-state index contributed by atoms with van der Waals surface area (Å²) in [4.78, 5) is 31.9. The van der Waals surface area contributed by atoms with E-state index in [9.17, 15) is 9.59 Å². The van der Waals surface area contributed by atoms with E-state index in [-0.39, 0.29) is 17.7 Å². The number of carbonyl (C=O) groups excluding carboxylic acids is 2. The largest absolute Gasteiger partial charge is 0.436 e. The normalized spacial score (nSPS) is 14.3. The van der Waals surface area contributed by atoms with Gasteiger partial charge in [0.25, 0.3) is 5.91 Å². The maximum Gasteiger partial charge on any atom is 0.253 e. The first-order valence-corrected chi connectivity index (χ1v) is 12.2. The van der Waals surface area contributed by atoms with Crippen LogP contribution in [0.25, 0.3) is 22.6 Å². The average Bonchev–Trinajstić information content (AvgIpc) is 3.32. The molecule has 1 fully saturated rings. The van der Waals surface area contributed by atoms with E-state index >= 15 is 0 Å². The molecule has 6 nitrogen and oxygen atoms in total. The Hall–Kier alpha value is -3.64. The van der Waals surface area contributed by atoms with Crippen LogP contribution in [-0.2, 0) is 11.3 Å². The van der Waals surface area contributed by atoms with Crippen molar-refractivity contribution in [3.05, 3.63) is 88.9 Å². The van der Waals surface area contributed by atoms with Crippen LogP contribution in [0.3, 0.4) is 0 Å². The van der Waals surface area contributed by atoms with Gasteiger partial charge in [-0.1, -0.05) is 41.9 Å². The maximum absolute atomic E-state index is 13.1. The Balaban J connectivity index is 1.15. The molecule has 0 unspecified atom stereocenters. The van der Waals surface area contributed by atoms with Gasteiger partial charge in [-0.05, 0) is 66.8 Å². The van der Waals surface area contributed by atoms with Crippen molar-refractivity contribution in [2.24, 2.45) is 5.92 Å². The van der Waals surface area contributed by atoms with E-state index in [4.69, 9.17) is 16.0 Å². The molecular weight excluding hydrogens is 462 g/mol. The van der Waals surface area contributed by atoms with Crippen molar-refractivity contribution in [2.75, 3.05) is 13.1 Å². The van der Waals surface area contributed by atoms with Crippen LogP contribution in [0, 0.1) is 5.92 Å². The molecule has 2 heterocycles. The Kier molecular flexibility index (Phi) is 6.82. The molecule has 35 heavy (non-hydrogen) atoms. The number of likely N-dealkylation sites (tertiary alicyclic amines) is 1. The molecule has 1 saturated heterocycles. The van der Waals surface area contributed by atoms with Crippen LogP contribution < -0.4 is 5.32 Å². The Morgan fingerprint density at radius 1 is 1.00 bits per heavy atom. The van der Waals surface area contributed by atoms with Crippen molar-refractivity contribution in [1.82, 2.24) is 15.2 Å². The SMILES string of the molecule is O=C(CC1CCN(C(=O)c2ccc3nc(-c4ccccc4)oc3c2)CC1)NCc1cccc(Cl)c1. The van der Waals surface area contributed by atoms with Crippen LogP contribution in [0.1, 0.15) is 35.2 Å². The number of aromatic nitrogens is 1. The summed E-state index contributed by atoms with van der Waals surface area (Å²) in [5, 5.41) is 3.63. The number of oxazole rings is 1. The van der Waals surface area contributed by atoms with Gasteiger partial charge in [0.2, 0.25) is 11.8 Å². The molecule has 2 amide bonds. The fourth-order valence-electron chi connectivity index (χ4n) is 4.47. The standard InChI is InChI=1S/C28H26ClN3O3/c29-23-8-4-5-20(15-23)18-30-26(33)16-19-11-13-32(14-12-19)28(34)22-9-10-24-25(17-22)35-27(31-24)21-6-2-1-3-7-21/h1-10,15,17,19H,11-14,16,18H2,(H,30,33). The average molecular weight is 488 g/mol. The van der Waals surface area contributed by atoms with Gasteiger partial charge < -0.3 is 14.6 Å². The molecule has 1 aliphatic heterocycles. The molecule has 1 aliphatic rings. The van der Waals surface area contributed by atoms with Gasteiger partial charge in [0.05, 0.1) is 0 Å². The summed E-state index contributed by atoms with van der Waals surface area (Å²) in [6.45, 7) is 1.73. The number of nitrogens with zero attached hydrogens (tertiary/aromatic N) is 2. The molecule has 0 radical (unpaired) electrons. The van der Waals surface area contributed by atoms with Crippen molar-refractivity contribution in [2.45, 2.75) is 25.8 Å². The molecule has 3 aromatic carbocycles. The lowest BCUT2D eigenvalue weighted by atomic mass is 9.92. The minimum absolute atomic E-state index is 0.0200. The molecule has 0 aliphatic carbocycles. The molecule has 1 aromatic heterocycles. The highest BCUT2D eigenvalue weighted by Crippen LogP contribution is 2.26. The van der Waals surface area contributed by atoms with Crippen LogP contribution in [0.5, 0.6) is 0 Å². The second-order valence-corrected chi connectivity index (χ2v) is 9.35. The quantitative estimate of drug-likeness (QED) is 0.378. The van der Waals surface area contributed by atoms with Crippen molar-refractivity contribution in [3.63, 3.8) is 0 Å². The topological polar surface area (TPSA) is 75.4 Å². The highest BCUT2D eigenvalue weighted by molar-refractivity contribution is 6.30. The smallest absolute Gasteiger partial charge is 0.253 e. The summed E-state index contributed by atoms with van der Waals surface area (Å²) in [6, 6.07) is 22.6. The van der Waals surface area contributed by atoms with Crippen LogP contribution in [0.2, 0.25) is 5.02 Å². The van der Waals surface area contributed by atoms with Gasteiger partial charge in [-0.25, -0.2) is 4.98 Å². The molecule has 0 spiro atoms. The van der Waals surface area contributed by atoms with E-state index in [0.29, 0.717) is 48.1 Å². The third-order valence-electron chi connectivity index (χ3n) is 6.41. The molecular formula is C28H26ClN3O3. The second kappa shape index (κ2) is 10.3. The van der Waals surface area contributed by atoms with E-state index in [1.165, 1.54) is 0 Å². The Labute approximate surface area is 208 Å². The third-order valence-corrected chi connectivity index (χ3v) is 6.65. The lowest BCUT2D eigenvalue weighted by Gasteiger charge is -2.31. The Morgan fingerprint density at radius 2 is 1.80 bits per heavy atom. The van der Waals surface area contributed by atoms with Gasteiger partial charge in [0.15, 0.2) is 5.58 Å². The second-order valence-electron chi connectivity index (χ2n) is 8.91. The van der Waals surface area contributed by atoms with Crippen molar-refractivity contribution in [1.29, 1.82) is 0 Å².